The van der Waals surface area contributed by atoms with Crippen LogP contribution in [0.2, 0.25) is 5.15 Å². The molecule has 8 amide bonds. The number of nitrogens with one attached hydrogen (secondary N) is 8. The molecule has 5 aliphatic carbocycles. The van der Waals surface area contributed by atoms with Crippen molar-refractivity contribution >= 4 is 103 Å². The van der Waals surface area contributed by atoms with E-state index in [1.807, 2.05) is 51.3 Å². The van der Waals surface area contributed by atoms with Gasteiger partial charge in [0.15, 0.2) is 10.1 Å². The van der Waals surface area contributed by atoms with Gasteiger partial charge in [0, 0.05) is 116 Å². The van der Waals surface area contributed by atoms with Gasteiger partial charge in [0.05, 0.1) is 11.1 Å². The number of urea groups is 2. The molecule has 5 saturated carbocycles. The number of aliphatic hydroxyl groups is 1. The van der Waals surface area contributed by atoms with Gasteiger partial charge in [-0.25, -0.2) is 48.6 Å². The lowest BCUT2D eigenvalue weighted by Gasteiger charge is -2.34. The molecule has 35 heteroatoms. The van der Waals surface area contributed by atoms with Crippen LogP contribution in [0.1, 0.15) is 259 Å². The van der Waals surface area contributed by atoms with Crippen LogP contribution in [0, 0.1) is 38.9 Å². The van der Waals surface area contributed by atoms with Crippen molar-refractivity contribution in [1.82, 2.24) is 60.4 Å². The van der Waals surface area contributed by atoms with Crippen LogP contribution in [-0.2, 0) is 34.3 Å². The highest BCUT2D eigenvalue weighted by atomic mass is 35.5. The number of alkyl carbamates (subject to hydrolysis) is 2. The summed E-state index contributed by atoms with van der Waals surface area (Å²) in [6, 6.07) is 15.6. The van der Waals surface area contributed by atoms with Crippen molar-refractivity contribution in [2.24, 2.45) is 44.6 Å². The number of anilines is 5. The van der Waals surface area contributed by atoms with E-state index in [1.165, 1.54) is 101 Å². The number of amides is 8. The Hall–Kier alpha value is -8.44. The van der Waals surface area contributed by atoms with Gasteiger partial charge >= 0.3 is 24.2 Å². The number of ether oxygens (including phenoxy) is 2. The van der Waals surface area contributed by atoms with E-state index >= 15 is 0 Å². The number of aldehydes is 1. The zero-order valence-electron chi connectivity index (χ0n) is 76.7. The van der Waals surface area contributed by atoms with E-state index < -0.39 is 49.2 Å². The molecule has 11 aliphatic rings. The number of carbonyl (C=O) groups is 7. The van der Waals surface area contributed by atoms with Crippen LogP contribution in [0.15, 0.2) is 70.7 Å². The number of aromatic nitrogens is 4. The number of rotatable bonds is 19. The molecule has 4 aromatic rings. The maximum absolute atomic E-state index is 13.6. The minimum Gasteiger partial charge on any atom is -0.444 e. The Morgan fingerprint density at radius 3 is 1.44 bits per heavy atom. The molecule has 0 aromatic carbocycles. The molecule has 9 fully saturated rings. The molecule has 15 rings (SSSR count). The van der Waals surface area contributed by atoms with E-state index in [2.05, 4.69) is 128 Å². The maximum atomic E-state index is 13.6. The van der Waals surface area contributed by atoms with Gasteiger partial charge in [-0.1, -0.05) is 58.4 Å². The van der Waals surface area contributed by atoms with Crippen molar-refractivity contribution in [2.75, 3.05) is 130 Å². The Morgan fingerprint density at radius 2 is 1.01 bits per heavy atom. The van der Waals surface area contributed by atoms with Crippen LogP contribution in [0.4, 0.5) is 48.3 Å². The fraction of sp³-hybridized carbons (Fsp3) is 0.700. The van der Waals surface area contributed by atoms with Crippen LogP contribution < -0.4 is 61.8 Å². The molecule has 125 heavy (non-hydrogen) atoms. The van der Waals surface area contributed by atoms with Gasteiger partial charge in [-0.05, 0) is 292 Å². The highest BCUT2D eigenvalue weighted by Crippen LogP contribution is 2.51. The molecule has 11 N–H and O–H groups in total. The number of halogens is 1. The zero-order valence-corrected chi connectivity index (χ0v) is 79.1. The first-order valence-corrected chi connectivity index (χ1v) is 48.2. The topological polar surface area (TPSA) is 416 Å². The summed E-state index contributed by atoms with van der Waals surface area (Å²) in [4.78, 5) is 110. The van der Waals surface area contributed by atoms with Crippen molar-refractivity contribution in [3.63, 3.8) is 0 Å². The molecule has 696 valence electrons. The summed E-state index contributed by atoms with van der Waals surface area (Å²) in [5.74, 6) is 1.43. The van der Waals surface area contributed by atoms with E-state index in [-0.39, 0.29) is 55.6 Å². The van der Waals surface area contributed by atoms with Gasteiger partial charge in [-0.2, -0.15) is 16.8 Å². The molecule has 10 heterocycles. The Morgan fingerprint density at radius 1 is 0.552 bits per heavy atom. The van der Waals surface area contributed by atoms with Gasteiger partial charge in [-0.3, -0.25) is 14.5 Å². The predicted octanol–water partition coefficient (Wildman–Crippen LogP) is 13.4. The minimum atomic E-state index is -4.24. The number of carbonyl (C=O) groups excluding carboxylic acids is 7. The molecular formula is C90H143ClN18O14S2. The Balaban J connectivity index is 0.000000183. The van der Waals surface area contributed by atoms with Crippen LogP contribution in [0.25, 0.3) is 0 Å². The first kappa shape index (κ1) is 100. The predicted molar refractivity (Wildman–Crippen MR) is 488 cm³/mol. The number of hydrogen-bond acceptors (Lipinski definition) is 24. The van der Waals surface area contributed by atoms with Gasteiger partial charge in [-0.15, -0.1) is 0 Å². The molecule has 8 bridgehead atoms. The van der Waals surface area contributed by atoms with Gasteiger partial charge in [0.1, 0.15) is 51.7 Å². The van der Waals surface area contributed by atoms with E-state index in [0.717, 1.165) is 110 Å². The fourth-order valence-corrected chi connectivity index (χ4v) is 17.5. The first-order chi connectivity index (χ1) is 58.6. The quantitative estimate of drug-likeness (QED) is 0.0237. The Labute approximate surface area is 747 Å². The molecule has 2 atom stereocenters. The second kappa shape index (κ2) is 42.7. The molecule has 4 aromatic heterocycles. The molecular weight excluding hydrogens is 1660 g/mol. The molecule has 32 nitrogen and oxygen atoms in total. The summed E-state index contributed by atoms with van der Waals surface area (Å²) in [5.41, 5.74) is 6.60. The average Bonchev–Trinajstić information content (AvgIpc) is 1.70. The van der Waals surface area contributed by atoms with Crippen LogP contribution in [-0.4, -0.2) is 221 Å². The third-order valence-electron chi connectivity index (χ3n) is 25.0. The van der Waals surface area contributed by atoms with Crippen molar-refractivity contribution < 1.29 is 65.0 Å². The zero-order chi connectivity index (χ0) is 91.6. The summed E-state index contributed by atoms with van der Waals surface area (Å²) in [6.45, 7) is 41.7. The van der Waals surface area contributed by atoms with Crippen molar-refractivity contribution in [3.05, 3.63) is 76.9 Å². The van der Waals surface area contributed by atoms with Crippen molar-refractivity contribution in [1.29, 1.82) is 0 Å². The van der Waals surface area contributed by atoms with Gasteiger partial charge < -0.3 is 76.6 Å². The summed E-state index contributed by atoms with van der Waals surface area (Å²) < 4.78 is 66.4. The molecule has 0 radical (unpaired) electrons. The number of pyridine rings is 4. The first-order valence-electron chi connectivity index (χ1n) is 44.9. The summed E-state index contributed by atoms with van der Waals surface area (Å²) in [5, 5.41) is 26.0. The van der Waals surface area contributed by atoms with Crippen molar-refractivity contribution in [3.8, 4) is 0 Å². The lowest BCUT2D eigenvalue weighted by atomic mass is 9.93. The highest BCUT2D eigenvalue weighted by Gasteiger charge is 2.46. The summed E-state index contributed by atoms with van der Waals surface area (Å²) in [7, 11) is -8.39. The normalized spacial score (nSPS) is 22.1. The third-order valence-corrected chi connectivity index (χ3v) is 27.7. The Bertz CT molecular complexity index is 4580. The lowest BCUT2D eigenvalue weighted by Crippen LogP contribution is -2.41. The minimum absolute atomic E-state index is 0.0807. The fourth-order valence-electron chi connectivity index (χ4n) is 15.5. The van der Waals surface area contributed by atoms with Crippen LogP contribution in [0.3, 0.4) is 0 Å². The Kier molecular flexibility index (Phi) is 34.2. The lowest BCUT2D eigenvalue weighted by molar-refractivity contribution is -0.108. The molecule has 0 unspecified atom stereocenters. The van der Waals surface area contributed by atoms with E-state index in [1.54, 1.807) is 41.3 Å². The van der Waals surface area contributed by atoms with Crippen LogP contribution >= 0.6 is 11.6 Å². The number of sulfonamides is 2. The van der Waals surface area contributed by atoms with Gasteiger partial charge in [0.25, 0.3) is 31.9 Å². The highest BCUT2D eigenvalue weighted by molar-refractivity contribution is 7.90. The molecule has 4 saturated heterocycles. The van der Waals surface area contributed by atoms with Gasteiger partial charge in [0.2, 0.25) is 0 Å². The largest absolute Gasteiger partial charge is 0.444 e. The second-order valence-electron chi connectivity index (χ2n) is 40.4. The molecule has 0 spiro atoms. The smallest absolute Gasteiger partial charge is 0.407 e. The van der Waals surface area contributed by atoms with E-state index in [4.69, 9.17) is 36.9 Å². The second-order valence-corrected chi connectivity index (χ2v) is 44.1. The summed E-state index contributed by atoms with van der Waals surface area (Å²) >= 11 is 6.14. The monoisotopic (exact) mass is 1800 g/mol. The number of hydrogen-bond donors (Lipinski definition) is 10. The van der Waals surface area contributed by atoms with Crippen LogP contribution in [0.5, 0.6) is 0 Å². The summed E-state index contributed by atoms with van der Waals surface area (Å²) in [6.07, 6.45) is 24.1. The standard InChI is InChI=1S/C29H39N7O4S.C20H24ClN5O3S.C13H26N2O2.C9H16N2O.C7H16N2O2.C6H12O.C6H10O/c1-28(2)18-20-6-5-14-30-22-7-4-8-24(31-22)41(39,40)33-26(37)21-9-10-23(32-25(21)36(28)19-20)35-17-16-34(27(35)38)15-13-29(3)11-12-29;1-20(2)11-13-5-4-10-22-16-6-3-7-17(24-16)30(28,29)25-19(27)14-8-9-15(21)23-18(14)26(20)12-13;1-12(2,3)17-11(16)15-10-9-14-8-7-13(4)5-6-13;1-9(2-3-9)4-6-11-7-5-10-8(11)12;1-7(2,3)11-6(10)9-5-4-8;2*1-6(2-3-6)4-5-7/h4,7-10,20H,5-6,11-19H2,1-3H3,(H,30,31)(H,33,37);3,6-9,13H,4-5,10-12H2,1-2H3,(H,22,24)(H,25,27);14H,5-10H2,1-4H3,(H,15,16);2-7H2,1H3,(H,10,12);4-5,8H2,1-3H3,(H,9,10);7H,2-5H2,1H3;5H,2-4H2,1H3/t20-;13-;;;;;/m00...../s1. The van der Waals surface area contributed by atoms with E-state index in [9.17, 15) is 50.4 Å². The van der Waals surface area contributed by atoms with E-state index in [0.29, 0.717) is 127 Å². The number of nitrogens with zero attached hydrogens (tertiary/aromatic N) is 9. The number of fused-ring (bicyclic) bond motifs is 12. The number of nitrogens with two attached hydrogens (primary N) is 1. The maximum Gasteiger partial charge on any atom is 0.407 e. The molecule has 6 aliphatic heterocycles. The third kappa shape index (κ3) is 32.1. The van der Waals surface area contributed by atoms with Crippen molar-refractivity contribution in [2.45, 2.75) is 271 Å². The average molecular weight is 1800 g/mol. The SMILES string of the molecule is CC(C)(C)OC(=O)NCCN.CC1(C)C[C@@H]2CCCNc3cccc(n3)S(=O)(=O)NC(=O)c3ccc(Cl)nc3N1C2.CC1(CC=O)CC1.CC1(CCN2CCN(c3ccc4c(n3)N3C[C@@H](CCCNc5cccc(n5)S(=O)(=O)NC4=O)CC3(C)C)C2=O)CC1.CC1(CCN2CCNC2=O)CC1.CC1(CCNCCNC(=O)OC(C)(C)C)CC1.CC1(CCO)CC1. The number of aliphatic hydroxyl groups excluding tert-OH is 1.